The number of nitrogens with one attached hydrogen (secondary N) is 1. The molecular weight excluding hydrogens is 682 g/mol. The molecule has 9 nitrogen and oxygen atoms in total. The number of amides is 1. The van der Waals surface area contributed by atoms with Gasteiger partial charge in [0.05, 0.1) is 25.4 Å². The van der Waals surface area contributed by atoms with Gasteiger partial charge in [-0.2, -0.15) is 0 Å². The molecule has 1 heterocycles. The quantitative estimate of drug-likeness (QED) is 0.0299. The van der Waals surface area contributed by atoms with Crippen molar-refractivity contribution in [3.05, 3.63) is 85.1 Å². The zero-order valence-corrected chi connectivity index (χ0v) is 33.4. The fraction of sp³-hybridized carbons (Fsp3) is 0.667. The monoisotopic (exact) mass is 758 g/mol. The van der Waals surface area contributed by atoms with E-state index in [1.165, 1.54) is 38.5 Å². The minimum atomic E-state index is -1.59. The van der Waals surface area contributed by atoms with E-state index in [1.807, 2.05) is 6.08 Å². The maximum absolute atomic E-state index is 12.9. The Kier molecular flexibility index (Phi) is 31.9. The summed E-state index contributed by atoms with van der Waals surface area (Å²) in [5.41, 5.74) is 0. The number of aliphatic hydroxyl groups is 5. The molecule has 1 saturated heterocycles. The second-order valence-electron chi connectivity index (χ2n) is 14.0. The fourth-order valence-electron chi connectivity index (χ4n) is 5.82. The molecule has 0 spiro atoms. The number of hydrogen-bond donors (Lipinski definition) is 6. The van der Waals surface area contributed by atoms with Crippen molar-refractivity contribution < 1.29 is 39.8 Å². The van der Waals surface area contributed by atoms with E-state index in [4.69, 9.17) is 9.47 Å². The molecule has 1 aliphatic rings. The van der Waals surface area contributed by atoms with E-state index >= 15 is 0 Å². The van der Waals surface area contributed by atoms with Crippen LogP contribution in [-0.2, 0) is 14.3 Å². The summed E-state index contributed by atoms with van der Waals surface area (Å²) in [5.74, 6) is -0.237. The van der Waals surface area contributed by atoms with Crippen LogP contribution < -0.4 is 5.32 Å². The molecule has 0 aromatic heterocycles. The van der Waals surface area contributed by atoms with Gasteiger partial charge in [0, 0.05) is 6.42 Å². The highest BCUT2D eigenvalue weighted by Crippen LogP contribution is 2.22. The summed E-state index contributed by atoms with van der Waals surface area (Å²) in [5, 5.41) is 54.0. The maximum atomic E-state index is 12.9. The lowest BCUT2D eigenvalue weighted by molar-refractivity contribution is -0.302. The van der Waals surface area contributed by atoms with Gasteiger partial charge in [-0.1, -0.05) is 131 Å². The van der Waals surface area contributed by atoms with Crippen molar-refractivity contribution in [2.75, 3.05) is 13.2 Å². The Hall–Kier alpha value is -2.63. The summed E-state index contributed by atoms with van der Waals surface area (Å²) in [6.45, 7) is 3.56. The summed E-state index contributed by atoms with van der Waals surface area (Å²) < 4.78 is 11.1. The van der Waals surface area contributed by atoms with Gasteiger partial charge in [0.15, 0.2) is 6.29 Å². The van der Waals surface area contributed by atoms with Gasteiger partial charge in [-0.15, -0.1) is 0 Å². The minimum absolute atomic E-state index is 0.228. The van der Waals surface area contributed by atoms with E-state index in [0.29, 0.717) is 12.8 Å². The third-order valence-corrected chi connectivity index (χ3v) is 9.18. The van der Waals surface area contributed by atoms with Crippen molar-refractivity contribution in [3.63, 3.8) is 0 Å². The van der Waals surface area contributed by atoms with E-state index in [9.17, 15) is 30.3 Å². The zero-order chi connectivity index (χ0) is 39.5. The SMILES string of the molecule is CC/C=C\C/C=C\C/C=C\C/C=C\CCCCC(=O)NC(COC1OC(CO)C(O)C(O)C1O)C(O)/C=C/CC/C=C/CC/C=C/CCCCCCCC. The Morgan fingerprint density at radius 3 is 1.78 bits per heavy atom. The largest absolute Gasteiger partial charge is 0.394 e. The first-order chi connectivity index (χ1) is 26.3. The number of ether oxygens (including phenoxy) is 2. The molecule has 0 bridgehead atoms. The van der Waals surface area contributed by atoms with Crippen LogP contribution in [0.1, 0.15) is 136 Å². The van der Waals surface area contributed by atoms with E-state index in [0.717, 1.165) is 64.2 Å². The molecule has 7 atom stereocenters. The standard InChI is InChI=1S/C45H75NO8/c1-3-5-7-9-11-13-15-17-19-21-22-24-26-28-30-32-34-39(48)38(37-53-45-44(52)43(51)42(50)40(36-47)54-45)46-41(49)35-33-31-29-27-25-23-20-18-16-14-12-10-8-6-4-2/h6,8,12,14,17-20,24-27,32,34,38-40,42-45,47-48,50-52H,3-5,7,9-11,13,15-16,21-23,28-31,33,35-37H2,1-2H3,(H,46,49)/b8-6-,14-12-,19-17+,20-18-,26-24+,27-25-,34-32+. The van der Waals surface area contributed by atoms with Crippen LogP contribution in [0, 0.1) is 0 Å². The third-order valence-electron chi connectivity index (χ3n) is 9.18. The van der Waals surface area contributed by atoms with Crippen molar-refractivity contribution in [1.82, 2.24) is 5.32 Å². The summed E-state index contributed by atoms with van der Waals surface area (Å²) in [6.07, 6.45) is 40.5. The van der Waals surface area contributed by atoms with Crippen LogP contribution in [0.15, 0.2) is 85.1 Å². The molecule has 7 unspecified atom stereocenters. The number of rotatable bonds is 32. The number of allylic oxidation sites excluding steroid dienone is 13. The smallest absolute Gasteiger partial charge is 0.220 e. The van der Waals surface area contributed by atoms with Crippen LogP contribution in [0.5, 0.6) is 0 Å². The molecule has 6 N–H and O–H groups in total. The van der Waals surface area contributed by atoms with Gasteiger partial charge >= 0.3 is 0 Å². The van der Waals surface area contributed by atoms with Gasteiger partial charge in [-0.3, -0.25) is 4.79 Å². The van der Waals surface area contributed by atoms with E-state index in [1.54, 1.807) is 6.08 Å². The lowest BCUT2D eigenvalue weighted by Gasteiger charge is -2.40. The van der Waals surface area contributed by atoms with Crippen LogP contribution in [0.3, 0.4) is 0 Å². The van der Waals surface area contributed by atoms with Gasteiger partial charge in [-0.05, 0) is 83.5 Å². The number of carbonyl (C=O) groups excluding carboxylic acids is 1. The van der Waals surface area contributed by atoms with Crippen LogP contribution in [0.2, 0.25) is 0 Å². The average Bonchev–Trinajstić information content (AvgIpc) is 3.17. The Morgan fingerprint density at radius 2 is 1.17 bits per heavy atom. The highest BCUT2D eigenvalue weighted by atomic mass is 16.7. The first-order valence-electron chi connectivity index (χ1n) is 20.8. The van der Waals surface area contributed by atoms with Crippen molar-refractivity contribution in [2.24, 2.45) is 0 Å². The maximum Gasteiger partial charge on any atom is 0.220 e. The Morgan fingerprint density at radius 1 is 0.648 bits per heavy atom. The number of hydrogen-bond acceptors (Lipinski definition) is 8. The van der Waals surface area contributed by atoms with Crippen molar-refractivity contribution in [1.29, 1.82) is 0 Å². The van der Waals surface area contributed by atoms with Gasteiger partial charge in [0.2, 0.25) is 5.91 Å². The van der Waals surface area contributed by atoms with E-state index < -0.39 is 49.5 Å². The van der Waals surface area contributed by atoms with Crippen molar-refractivity contribution in [2.45, 2.75) is 179 Å². The first-order valence-corrected chi connectivity index (χ1v) is 20.8. The average molecular weight is 758 g/mol. The first kappa shape index (κ1) is 49.4. The molecule has 0 aromatic carbocycles. The predicted octanol–water partition coefficient (Wildman–Crippen LogP) is 7.99. The molecular formula is C45H75NO8. The molecule has 1 aliphatic heterocycles. The number of carbonyl (C=O) groups is 1. The molecule has 54 heavy (non-hydrogen) atoms. The lowest BCUT2D eigenvalue weighted by Crippen LogP contribution is -2.60. The fourth-order valence-corrected chi connectivity index (χ4v) is 5.82. The normalized spacial score (nSPS) is 22.4. The van der Waals surface area contributed by atoms with Gasteiger partial charge in [-0.25, -0.2) is 0 Å². The summed E-state index contributed by atoms with van der Waals surface area (Å²) >= 11 is 0. The number of unbranched alkanes of at least 4 members (excludes halogenated alkanes) is 10. The van der Waals surface area contributed by atoms with Crippen molar-refractivity contribution in [3.8, 4) is 0 Å². The summed E-state index contributed by atoms with van der Waals surface area (Å²) in [4.78, 5) is 12.9. The molecule has 0 radical (unpaired) electrons. The highest BCUT2D eigenvalue weighted by molar-refractivity contribution is 5.76. The molecule has 308 valence electrons. The zero-order valence-electron chi connectivity index (χ0n) is 33.4. The molecule has 0 saturated carbocycles. The molecule has 1 rings (SSSR count). The minimum Gasteiger partial charge on any atom is -0.394 e. The van der Waals surface area contributed by atoms with Gasteiger partial charge < -0.3 is 40.3 Å². The van der Waals surface area contributed by atoms with Crippen LogP contribution >= 0.6 is 0 Å². The second-order valence-corrected chi connectivity index (χ2v) is 14.0. The Bertz CT molecular complexity index is 1110. The summed E-state index contributed by atoms with van der Waals surface area (Å²) in [7, 11) is 0. The van der Waals surface area contributed by atoms with Crippen LogP contribution in [-0.4, -0.2) is 87.5 Å². The number of aliphatic hydroxyl groups excluding tert-OH is 5. The Labute approximate surface area is 327 Å². The van der Waals surface area contributed by atoms with E-state index in [2.05, 4.69) is 92.1 Å². The van der Waals surface area contributed by atoms with Crippen LogP contribution in [0.25, 0.3) is 0 Å². The lowest BCUT2D eigenvalue weighted by atomic mass is 9.99. The predicted molar refractivity (Wildman–Crippen MR) is 221 cm³/mol. The van der Waals surface area contributed by atoms with E-state index in [-0.39, 0.29) is 18.9 Å². The molecule has 0 aromatic rings. The van der Waals surface area contributed by atoms with Crippen LogP contribution in [0.4, 0.5) is 0 Å². The van der Waals surface area contributed by atoms with Crippen molar-refractivity contribution >= 4 is 5.91 Å². The second kappa shape index (κ2) is 34.8. The third kappa shape index (κ3) is 25.4. The van der Waals surface area contributed by atoms with Gasteiger partial charge in [0.1, 0.15) is 24.4 Å². The molecule has 1 amide bonds. The molecule has 1 fully saturated rings. The molecule has 0 aliphatic carbocycles. The Balaban J connectivity index is 2.51. The summed E-state index contributed by atoms with van der Waals surface area (Å²) in [6, 6.07) is -0.853. The highest BCUT2D eigenvalue weighted by Gasteiger charge is 2.44. The van der Waals surface area contributed by atoms with Gasteiger partial charge in [0.25, 0.3) is 0 Å². The molecule has 9 heteroatoms. The topological polar surface area (TPSA) is 149 Å².